The van der Waals surface area contributed by atoms with Crippen LogP contribution in [0.2, 0.25) is 19.6 Å². The molecule has 2 aliphatic carbocycles. The summed E-state index contributed by atoms with van der Waals surface area (Å²) in [6, 6.07) is 8.82. The van der Waals surface area contributed by atoms with E-state index in [1.807, 2.05) is 0 Å². The van der Waals surface area contributed by atoms with Gasteiger partial charge in [0.25, 0.3) is 0 Å². The van der Waals surface area contributed by atoms with Crippen LogP contribution in [0.5, 0.6) is 0 Å². The molecular weight excluding hydrogens is 434 g/mol. The smallest absolute Gasteiger partial charge is 1.00 e. The molecule has 0 saturated heterocycles. The Morgan fingerprint density at radius 3 is 2.50 bits per heavy atom. The first-order chi connectivity index (χ1) is 10.4. The maximum atomic E-state index is 5.98. The van der Waals surface area contributed by atoms with E-state index >= 15 is 0 Å². The topological polar surface area (TPSA) is 9.23 Å². The van der Waals surface area contributed by atoms with Gasteiger partial charge in [-0.25, -0.2) is 0 Å². The van der Waals surface area contributed by atoms with Crippen LogP contribution in [-0.4, -0.2) is 14.9 Å². The van der Waals surface area contributed by atoms with Crippen LogP contribution < -0.4 is 24.8 Å². The molecule has 2 aliphatic rings. The molecule has 1 aromatic rings. The summed E-state index contributed by atoms with van der Waals surface area (Å²) in [6.07, 6.45) is 9.33. The van der Waals surface area contributed by atoms with Gasteiger partial charge in [0, 0.05) is 0 Å². The van der Waals surface area contributed by atoms with E-state index in [0.717, 1.165) is 19.4 Å². The molecule has 0 bridgehead atoms. The number of hydrogen-bond acceptors (Lipinski definition) is 1. The van der Waals surface area contributed by atoms with Crippen molar-refractivity contribution in [2.24, 2.45) is 0 Å². The van der Waals surface area contributed by atoms with Crippen LogP contribution in [0.15, 0.2) is 53.1 Å². The van der Waals surface area contributed by atoms with Crippen LogP contribution in [-0.2, 0) is 29.1 Å². The van der Waals surface area contributed by atoms with Crippen molar-refractivity contribution < 1.29 is 54.0 Å². The third-order valence-corrected chi connectivity index (χ3v) is 6.77. The second-order valence-electron chi connectivity index (χ2n) is 7.03. The Balaban J connectivity index is 0.00000144. The number of hydrogen-bond donors (Lipinski definition) is 0. The summed E-state index contributed by atoms with van der Waals surface area (Å²) in [5.41, 5.74) is 7.42. The minimum absolute atomic E-state index is 0. The van der Waals surface area contributed by atoms with E-state index < -0.39 is 8.32 Å². The SMILES string of the molecule is C[Si](C)(C)OCCC1=CCC(C2=Cc3ccccc3[CH]2[Zr+2])=C1.[Cl-].[Cl-]. The van der Waals surface area contributed by atoms with Gasteiger partial charge in [-0.3, -0.25) is 0 Å². The van der Waals surface area contributed by atoms with E-state index in [2.05, 4.69) is 62.1 Å². The predicted octanol–water partition coefficient (Wildman–Crippen LogP) is -0.822. The molecule has 1 aromatic carbocycles. The Kier molecular flexibility index (Phi) is 8.43. The molecule has 0 amide bonds. The maximum Gasteiger partial charge on any atom is -1.00 e. The minimum Gasteiger partial charge on any atom is -1.00 e. The van der Waals surface area contributed by atoms with Crippen LogP contribution in [0.3, 0.4) is 0 Å². The quantitative estimate of drug-likeness (QED) is 0.525. The van der Waals surface area contributed by atoms with Gasteiger partial charge in [-0.2, -0.15) is 0 Å². The summed E-state index contributed by atoms with van der Waals surface area (Å²) in [5, 5.41) is 0. The normalized spacial score (nSPS) is 18.9. The second kappa shape index (κ2) is 9.14. The standard InChI is InChI=1S/C19H23OSi.2ClH.Zr/c1-21(2,3)20-11-10-15-8-9-18(12-15)19-13-16-6-4-5-7-17(16)14-19;;;/h4-8,12-14H,9-11H2,1-3H3;2*1H;/q;;;+2/p-2. The van der Waals surface area contributed by atoms with E-state index in [1.54, 1.807) is 24.7 Å². The molecule has 1 atom stereocenters. The number of halogens is 2. The summed E-state index contributed by atoms with van der Waals surface area (Å²) < 4.78 is 6.59. The maximum absolute atomic E-state index is 5.98. The van der Waals surface area contributed by atoms with E-state index in [0.29, 0.717) is 3.63 Å². The van der Waals surface area contributed by atoms with Crippen molar-refractivity contribution in [3.63, 3.8) is 0 Å². The predicted molar refractivity (Wildman–Crippen MR) is 91.9 cm³/mol. The van der Waals surface area contributed by atoms with Gasteiger partial charge in [-0.05, 0) is 0 Å². The van der Waals surface area contributed by atoms with E-state index in [4.69, 9.17) is 4.43 Å². The van der Waals surface area contributed by atoms with Crippen LogP contribution >= 0.6 is 0 Å². The molecule has 5 heteroatoms. The summed E-state index contributed by atoms with van der Waals surface area (Å²) >= 11 is 1.59. The van der Waals surface area contributed by atoms with Crippen LogP contribution in [0.25, 0.3) is 6.08 Å². The van der Waals surface area contributed by atoms with Crippen molar-refractivity contribution in [1.29, 1.82) is 0 Å². The molecule has 1 unspecified atom stereocenters. The van der Waals surface area contributed by atoms with Gasteiger partial charge in [0.15, 0.2) is 0 Å². The molecule has 0 radical (unpaired) electrons. The number of benzene rings is 1. The zero-order chi connectivity index (χ0) is 15.7. The molecule has 0 aromatic heterocycles. The van der Waals surface area contributed by atoms with Gasteiger partial charge in [0.05, 0.1) is 0 Å². The van der Waals surface area contributed by atoms with E-state index in [9.17, 15) is 0 Å². The van der Waals surface area contributed by atoms with E-state index in [1.165, 1.54) is 27.8 Å². The zero-order valence-electron chi connectivity index (χ0n) is 14.4. The third-order valence-electron chi connectivity index (χ3n) is 4.17. The molecule has 24 heavy (non-hydrogen) atoms. The van der Waals surface area contributed by atoms with Crippen molar-refractivity contribution in [1.82, 2.24) is 0 Å². The van der Waals surface area contributed by atoms with Gasteiger partial charge in [0.1, 0.15) is 0 Å². The molecule has 0 fully saturated rings. The van der Waals surface area contributed by atoms with Crippen molar-refractivity contribution in [2.45, 2.75) is 36.1 Å². The fourth-order valence-electron chi connectivity index (χ4n) is 3.03. The Bertz CT molecular complexity index is 674. The Labute approximate surface area is 174 Å². The Hall–Kier alpha value is 0.0800. The van der Waals surface area contributed by atoms with E-state index in [-0.39, 0.29) is 24.8 Å². The largest absolute Gasteiger partial charge is 1.00 e. The fourth-order valence-corrected chi connectivity index (χ4v) is 5.06. The summed E-state index contributed by atoms with van der Waals surface area (Å²) in [5.74, 6) is 0. The van der Waals surface area contributed by atoms with Gasteiger partial charge in [-0.15, -0.1) is 0 Å². The molecule has 0 spiro atoms. The number of fused-ring (bicyclic) bond motifs is 1. The molecule has 0 aliphatic heterocycles. The van der Waals surface area contributed by atoms with Crippen LogP contribution in [0.4, 0.5) is 0 Å². The van der Waals surface area contributed by atoms with Gasteiger partial charge >= 0.3 is 151 Å². The van der Waals surface area contributed by atoms with Crippen molar-refractivity contribution >= 4 is 14.4 Å². The average Bonchev–Trinajstić information content (AvgIpc) is 3.03. The van der Waals surface area contributed by atoms with Gasteiger partial charge in [0.2, 0.25) is 0 Å². The first-order valence-electron chi connectivity index (χ1n) is 7.99. The molecule has 127 valence electrons. The summed E-state index contributed by atoms with van der Waals surface area (Å²) in [4.78, 5) is 0. The van der Waals surface area contributed by atoms with Crippen LogP contribution in [0, 0.1) is 0 Å². The summed E-state index contributed by atoms with van der Waals surface area (Å²) in [7, 11) is -1.38. The Morgan fingerprint density at radius 1 is 1.12 bits per heavy atom. The average molecular weight is 458 g/mol. The first-order valence-corrected chi connectivity index (χ1v) is 12.8. The third kappa shape index (κ3) is 5.29. The molecule has 0 heterocycles. The summed E-state index contributed by atoms with van der Waals surface area (Å²) in [6.45, 7) is 7.62. The molecular formula is C19H23Cl2OSiZr. The second-order valence-corrected chi connectivity index (χ2v) is 13.0. The van der Waals surface area contributed by atoms with Gasteiger partial charge < -0.3 is 24.8 Å². The fraction of sp³-hybridized carbons (Fsp3) is 0.368. The molecule has 0 N–H and O–H groups in total. The van der Waals surface area contributed by atoms with Crippen molar-refractivity contribution in [3.8, 4) is 0 Å². The monoisotopic (exact) mass is 455 g/mol. The first kappa shape index (κ1) is 22.1. The molecule has 3 rings (SSSR count). The van der Waals surface area contributed by atoms with Gasteiger partial charge in [-0.1, -0.05) is 0 Å². The van der Waals surface area contributed by atoms with Crippen LogP contribution in [0.1, 0.15) is 27.6 Å². The number of allylic oxidation sites excluding steroid dienone is 4. The number of rotatable bonds is 5. The molecule has 1 nitrogen and oxygen atoms in total. The molecule has 0 saturated carbocycles. The zero-order valence-corrected chi connectivity index (χ0v) is 19.4. The van der Waals surface area contributed by atoms with Crippen molar-refractivity contribution in [2.75, 3.05) is 6.61 Å². The minimum atomic E-state index is -1.38. The Morgan fingerprint density at radius 2 is 1.83 bits per heavy atom. The van der Waals surface area contributed by atoms with Crippen molar-refractivity contribution in [3.05, 3.63) is 64.3 Å².